The molecule has 2 atom stereocenters. The van der Waals surface area contributed by atoms with Crippen molar-refractivity contribution >= 4 is 5.97 Å². The van der Waals surface area contributed by atoms with E-state index in [1.54, 1.807) is 7.11 Å². The highest BCUT2D eigenvalue weighted by Crippen LogP contribution is 2.31. The van der Waals surface area contributed by atoms with Crippen molar-refractivity contribution in [3.05, 3.63) is 29.8 Å². The lowest BCUT2D eigenvalue weighted by molar-refractivity contribution is -0.145. The summed E-state index contributed by atoms with van der Waals surface area (Å²) in [5.41, 5.74) is 0.832. The van der Waals surface area contributed by atoms with Crippen molar-refractivity contribution in [1.82, 2.24) is 4.90 Å². The van der Waals surface area contributed by atoms with Gasteiger partial charge in [-0.1, -0.05) is 25.5 Å². The van der Waals surface area contributed by atoms with Crippen molar-refractivity contribution in [3.8, 4) is 5.75 Å². The maximum Gasteiger partial charge on any atom is 0.325 e. The third-order valence-corrected chi connectivity index (χ3v) is 4.14. The third kappa shape index (κ3) is 3.12. The van der Waals surface area contributed by atoms with Crippen LogP contribution >= 0.6 is 0 Å². The van der Waals surface area contributed by atoms with E-state index >= 15 is 0 Å². The van der Waals surface area contributed by atoms with E-state index in [-0.39, 0.29) is 0 Å². The van der Waals surface area contributed by atoms with Gasteiger partial charge in [-0.15, -0.1) is 0 Å². The SMILES string of the molecule is CCC1CCCCN1C(C(=O)O)c1ccc(OC)cc1. The molecule has 1 saturated heterocycles. The summed E-state index contributed by atoms with van der Waals surface area (Å²) in [5, 5.41) is 9.65. The highest BCUT2D eigenvalue weighted by molar-refractivity contribution is 5.75. The number of methoxy groups -OCH3 is 1. The van der Waals surface area contributed by atoms with Crippen molar-refractivity contribution in [2.75, 3.05) is 13.7 Å². The maximum atomic E-state index is 11.7. The zero-order valence-electron chi connectivity index (χ0n) is 12.2. The Bertz CT molecular complexity index is 444. The first kappa shape index (κ1) is 14.9. The van der Waals surface area contributed by atoms with Gasteiger partial charge in [-0.2, -0.15) is 0 Å². The normalized spacial score (nSPS) is 21.4. The molecule has 1 aliphatic heterocycles. The van der Waals surface area contributed by atoms with E-state index in [0.29, 0.717) is 6.04 Å². The van der Waals surface area contributed by atoms with Gasteiger partial charge in [0.15, 0.2) is 0 Å². The van der Waals surface area contributed by atoms with Crippen LogP contribution < -0.4 is 4.74 Å². The number of aliphatic carboxylic acids is 1. The largest absolute Gasteiger partial charge is 0.497 e. The molecule has 0 saturated carbocycles. The molecule has 110 valence electrons. The topological polar surface area (TPSA) is 49.8 Å². The summed E-state index contributed by atoms with van der Waals surface area (Å²) in [6.45, 7) is 3.00. The van der Waals surface area contributed by atoms with E-state index < -0.39 is 12.0 Å². The number of likely N-dealkylation sites (tertiary alicyclic amines) is 1. The molecule has 0 radical (unpaired) electrons. The Hall–Kier alpha value is -1.55. The number of carbonyl (C=O) groups is 1. The summed E-state index contributed by atoms with van der Waals surface area (Å²) in [4.78, 5) is 13.9. The molecule has 1 aromatic carbocycles. The summed E-state index contributed by atoms with van der Waals surface area (Å²) in [6, 6.07) is 7.20. The second kappa shape index (κ2) is 6.75. The summed E-state index contributed by atoms with van der Waals surface area (Å²) in [5.74, 6) is -0.0147. The third-order valence-electron chi connectivity index (χ3n) is 4.14. The van der Waals surface area contributed by atoms with Gasteiger partial charge in [0.25, 0.3) is 0 Å². The molecule has 2 rings (SSSR count). The molecule has 0 spiro atoms. The number of benzene rings is 1. The van der Waals surface area contributed by atoms with E-state index in [1.807, 2.05) is 24.3 Å². The van der Waals surface area contributed by atoms with E-state index in [2.05, 4.69) is 11.8 Å². The van der Waals surface area contributed by atoms with Crippen LogP contribution in [-0.2, 0) is 4.79 Å². The monoisotopic (exact) mass is 277 g/mol. The highest BCUT2D eigenvalue weighted by atomic mass is 16.5. The molecule has 1 aliphatic rings. The number of carboxylic acids is 1. The lowest BCUT2D eigenvalue weighted by Gasteiger charge is -2.39. The van der Waals surface area contributed by atoms with E-state index in [4.69, 9.17) is 4.74 Å². The summed E-state index contributed by atoms with van der Waals surface area (Å²) < 4.78 is 5.14. The van der Waals surface area contributed by atoms with Crippen LogP contribution in [0.25, 0.3) is 0 Å². The first-order valence-electron chi connectivity index (χ1n) is 7.30. The van der Waals surface area contributed by atoms with Gasteiger partial charge in [-0.25, -0.2) is 0 Å². The fourth-order valence-electron chi connectivity index (χ4n) is 3.06. The zero-order valence-corrected chi connectivity index (χ0v) is 12.2. The van der Waals surface area contributed by atoms with Crippen LogP contribution in [0.5, 0.6) is 5.75 Å². The molecule has 0 amide bonds. The van der Waals surface area contributed by atoms with Crippen molar-refractivity contribution in [2.24, 2.45) is 0 Å². The standard InChI is InChI=1S/C16H23NO3/c1-3-13-6-4-5-11-17(13)15(16(18)19)12-7-9-14(20-2)10-8-12/h7-10,13,15H,3-6,11H2,1-2H3,(H,18,19). The van der Waals surface area contributed by atoms with Crippen molar-refractivity contribution < 1.29 is 14.6 Å². The fourth-order valence-corrected chi connectivity index (χ4v) is 3.06. The van der Waals surface area contributed by atoms with Crippen molar-refractivity contribution in [3.63, 3.8) is 0 Å². The molecule has 2 unspecified atom stereocenters. The van der Waals surface area contributed by atoms with E-state index in [9.17, 15) is 9.90 Å². The van der Waals surface area contributed by atoms with Gasteiger partial charge in [0.1, 0.15) is 11.8 Å². The lowest BCUT2D eigenvalue weighted by atomic mass is 9.95. The molecule has 0 bridgehead atoms. The molecule has 20 heavy (non-hydrogen) atoms. The van der Waals surface area contributed by atoms with Crippen LogP contribution in [0.1, 0.15) is 44.2 Å². The number of rotatable bonds is 5. The van der Waals surface area contributed by atoms with Crippen LogP contribution in [0, 0.1) is 0 Å². The Balaban J connectivity index is 2.27. The maximum absolute atomic E-state index is 11.7. The van der Waals surface area contributed by atoms with Gasteiger partial charge in [0.05, 0.1) is 7.11 Å². The number of hydrogen-bond donors (Lipinski definition) is 1. The molecular weight excluding hydrogens is 254 g/mol. The van der Waals surface area contributed by atoms with Crippen LogP contribution in [-0.4, -0.2) is 35.7 Å². The van der Waals surface area contributed by atoms with Crippen LogP contribution in [0.3, 0.4) is 0 Å². The molecule has 0 aliphatic carbocycles. The van der Waals surface area contributed by atoms with Gasteiger partial charge >= 0.3 is 5.97 Å². The molecule has 1 fully saturated rings. The minimum Gasteiger partial charge on any atom is -0.497 e. The van der Waals surface area contributed by atoms with Crippen LogP contribution in [0.4, 0.5) is 0 Å². The first-order valence-corrected chi connectivity index (χ1v) is 7.30. The summed E-state index contributed by atoms with van der Waals surface area (Å²) in [7, 11) is 1.61. The molecule has 1 N–H and O–H groups in total. The Labute approximate surface area is 120 Å². The second-order valence-corrected chi connectivity index (χ2v) is 5.31. The molecule has 0 aromatic heterocycles. The Morgan fingerprint density at radius 2 is 2.10 bits per heavy atom. The van der Waals surface area contributed by atoms with E-state index in [0.717, 1.165) is 37.1 Å². The number of nitrogens with zero attached hydrogens (tertiary/aromatic N) is 1. The fraction of sp³-hybridized carbons (Fsp3) is 0.562. The molecule has 1 aromatic rings. The Morgan fingerprint density at radius 3 is 2.65 bits per heavy atom. The van der Waals surface area contributed by atoms with E-state index in [1.165, 1.54) is 6.42 Å². The quantitative estimate of drug-likeness (QED) is 0.898. The van der Waals surface area contributed by atoms with Crippen molar-refractivity contribution in [1.29, 1.82) is 0 Å². The lowest BCUT2D eigenvalue weighted by Crippen LogP contribution is -2.44. The second-order valence-electron chi connectivity index (χ2n) is 5.31. The highest BCUT2D eigenvalue weighted by Gasteiger charge is 2.33. The Kier molecular flexibility index (Phi) is 5.01. The predicted octanol–water partition coefficient (Wildman–Crippen LogP) is 3.09. The number of ether oxygens (including phenoxy) is 1. The number of carboxylic acid groups (broad SMARTS) is 1. The zero-order chi connectivity index (χ0) is 14.5. The van der Waals surface area contributed by atoms with Gasteiger partial charge in [-0.05, 0) is 43.5 Å². The molecule has 4 heteroatoms. The van der Waals surface area contributed by atoms with Crippen molar-refractivity contribution in [2.45, 2.75) is 44.7 Å². The summed E-state index contributed by atoms with van der Waals surface area (Å²) in [6.07, 6.45) is 4.37. The minimum absolute atomic E-state index is 0.368. The number of piperidine rings is 1. The van der Waals surface area contributed by atoms with Gasteiger partial charge in [0.2, 0.25) is 0 Å². The van der Waals surface area contributed by atoms with Gasteiger partial charge in [0, 0.05) is 6.04 Å². The van der Waals surface area contributed by atoms with Gasteiger partial charge in [-0.3, -0.25) is 9.69 Å². The Morgan fingerprint density at radius 1 is 1.40 bits per heavy atom. The molecule has 1 heterocycles. The predicted molar refractivity (Wildman–Crippen MR) is 78.0 cm³/mol. The average molecular weight is 277 g/mol. The van der Waals surface area contributed by atoms with Crippen LogP contribution in [0.15, 0.2) is 24.3 Å². The molecule has 4 nitrogen and oxygen atoms in total. The minimum atomic E-state index is -0.768. The first-order chi connectivity index (χ1) is 9.67. The summed E-state index contributed by atoms with van der Waals surface area (Å²) >= 11 is 0. The van der Waals surface area contributed by atoms with Gasteiger partial charge < -0.3 is 9.84 Å². The molecular formula is C16H23NO3. The average Bonchev–Trinajstić information content (AvgIpc) is 2.48. The number of hydrogen-bond acceptors (Lipinski definition) is 3. The van der Waals surface area contributed by atoms with Crippen LogP contribution in [0.2, 0.25) is 0 Å². The smallest absolute Gasteiger partial charge is 0.325 e.